The fraction of sp³-hybridized carbons (Fsp3) is 0.667. The molecular weight excluding hydrogens is 266 g/mol. The minimum Gasteiger partial charge on any atom is -0.359 e. The molecule has 116 valence electrons. The summed E-state index contributed by atoms with van der Waals surface area (Å²) in [6.07, 6.45) is 2.83. The molecule has 0 radical (unpaired) electrons. The van der Waals surface area contributed by atoms with Crippen LogP contribution in [-0.2, 0) is 4.79 Å². The monoisotopic (exact) mass is 291 g/mol. The van der Waals surface area contributed by atoms with Gasteiger partial charge in [0.2, 0.25) is 5.91 Å². The highest BCUT2D eigenvalue weighted by Crippen LogP contribution is 2.24. The van der Waals surface area contributed by atoms with Crippen molar-refractivity contribution in [2.45, 2.75) is 32.1 Å². The number of piperidine rings is 1. The van der Waals surface area contributed by atoms with Gasteiger partial charge < -0.3 is 15.5 Å². The fourth-order valence-electron chi connectivity index (χ4n) is 2.59. The number of nitrogens with one attached hydrogen (secondary N) is 2. The average Bonchev–Trinajstić information content (AvgIpc) is 2.52. The van der Waals surface area contributed by atoms with Crippen molar-refractivity contribution in [3.05, 3.63) is 17.6 Å². The van der Waals surface area contributed by atoms with Gasteiger partial charge in [0.25, 0.3) is 0 Å². The minimum atomic E-state index is 0.0457. The van der Waals surface area contributed by atoms with E-state index in [1.165, 1.54) is 12.8 Å². The van der Waals surface area contributed by atoms with E-state index < -0.39 is 0 Å². The molecule has 0 unspecified atom stereocenters. The Morgan fingerprint density at radius 3 is 3.00 bits per heavy atom. The number of hydrogen-bond acceptors (Lipinski definition) is 5. The third-order valence-corrected chi connectivity index (χ3v) is 3.90. The SMILES string of the molecule is CNC(=O)CCN(C)c1cc([C@H]2CCCNC2)nc(C)n1. The van der Waals surface area contributed by atoms with E-state index in [2.05, 4.69) is 26.7 Å². The minimum absolute atomic E-state index is 0.0457. The van der Waals surface area contributed by atoms with Crippen LogP contribution < -0.4 is 15.5 Å². The lowest BCUT2D eigenvalue weighted by molar-refractivity contribution is -0.120. The van der Waals surface area contributed by atoms with E-state index in [1.807, 2.05) is 18.9 Å². The highest BCUT2D eigenvalue weighted by atomic mass is 16.1. The molecule has 1 fully saturated rings. The molecule has 6 heteroatoms. The molecule has 0 saturated carbocycles. The molecule has 0 bridgehead atoms. The highest BCUT2D eigenvalue weighted by molar-refractivity contribution is 5.76. The fourth-order valence-corrected chi connectivity index (χ4v) is 2.59. The van der Waals surface area contributed by atoms with E-state index >= 15 is 0 Å². The second-order valence-corrected chi connectivity index (χ2v) is 5.59. The number of aryl methyl sites for hydroxylation is 1. The van der Waals surface area contributed by atoms with Gasteiger partial charge in [-0.05, 0) is 26.3 Å². The molecule has 2 rings (SSSR count). The standard InChI is InChI=1S/C15H25N5O/c1-11-18-13(12-5-4-7-17-10-12)9-14(19-11)20(3)8-6-15(21)16-2/h9,12,17H,4-8,10H2,1-3H3,(H,16,21)/t12-/m0/s1. The Kier molecular flexibility index (Phi) is 5.50. The molecule has 0 aliphatic carbocycles. The van der Waals surface area contributed by atoms with Gasteiger partial charge in [-0.15, -0.1) is 0 Å². The molecular formula is C15H25N5O. The summed E-state index contributed by atoms with van der Waals surface area (Å²) in [5.41, 5.74) is 1.11. The Balaban J connectivity index is 2.08. The van der Waals surface area contributed by atoms with Gasteiger partial charge in [-0.3, -0.25) is 4.79 Å². The lowest BCUT2D eigenvalue weighted by Gasteiger charge is -2.24. The number of nitrogens with zero attached hydrogens (tertiary/aromatic N) is 3. The smallest absolute Gasteiger partial charge is 0.221 e. The van der Waals surface area contributed by atoms with Gasteiger partial charge in [-0.2, -0.15) is 0 Å². The zero-order valence-corrected chi connectivity index (χ0v) is 13.1. The van der Waals surface area contributed by atoms with Crippen molar-refractivity contribution in [2.24, 2.45) is 0 Å². The number of carbonyl (C=O) groups excluding carboxylic acids is 1. The molecule has 1 aromatic rings. The van der Waals surface area contributed by atoms with Crippen molar-refractivity contribution in [1.82, 2.24) is 20.6 Å². The topological polar surface area (TPSA) is 70.2 Å². The third-order valence-electron chi connectivity index (χ3n) is 3.90. The van der Waals surface area contributed by atoms with Gasteiger partial charge in [0.1, 0.15) is 11.6 Å². The molecule has 0 aromatic carbocycles. The number of carbonyl (C=O) groups is 1. The van der Waals surface area contributed by atoms with E-state index in [1.54, 1.807) is 7.05 Å². The Bertz CT molecular complexity index is 485. The second kappa shape index (κ2) is 7.36. The quantitative estimate of drug-likeness (QED) is 0.841. The molecule has 21 heavy (non-hydrogen) atoms. The molecule has 1 amide bonds. The van der Waals surface area contributed by atoms with Gasteiger partial charge in [0.15, 0.2) is 0 Å². The Morgan fingerprint density at radius 2 is 2.33 bits per heavy atom. The molecule has 0 spiro atoms. The zero-order chi connectivity index (χ0) is 15.2. The molecule has 1 saturated heterocycles. The lowest BCUT2D eigenvalue weighted by Crippen LogP contribution is -2.30. The molecule has 2 N–H and O–H groups in total. The first-order chi connectivity index (χ1) is 10.1. The summed E-state index contributed by atoms with van der Waals surface area (Å²) < 4.78 is 0. The summed E-state index contributed by atoms with van der Waals surface area (Å²) in [7, 11) is 3.62. The number of aromatic nitrogens is 2. The van der Waals surface area contributed by atoms with Crippen LogP contribution in [0.3, 0.4) is 0 Å². The first kappa shape index (κ1) is 15.7. The molecule has 1 aliphatic rings. The average molecular weight is 291 g/mol. The van der Waals surface area contributed by atoms with Crippen molar-refractivity contribution in [2.75, 3.05) is 38.6 Å². The van der Waals surface area contributed by atoms with E-state index in [-0.39, 0.29) is 5.91 Å². The number of rotatable bonds is 5. The number of hydrogen-bond donors (Lipinski definition) is 2. The van der Waals surface area contributed by atoms with Crippen molar-refractivity contribution >= 4 is 11.7 Å². The zero-order valence-electron chi connectivity index (χ0n) is 13.1. The third kappa shape index (κ3) is 4.39. The maximum atomic E-state index is 11.3. The van der Waals surface area contributed by atoms with Crippen molar-refractivity contribution in [3.63, 3.8) is 0 Å². The summed E-state index contributed by atoms with van der Waals surface area (Å²) in [5.74, 6) is 2.20. The van der Waals surface area contributed by atoms with Crippen LogP contribution in [0.5, 0.6) is 0 Å². The first-order valence-electron chi connectivity index (χ1n) is 7.58. The predicted octanol–water partition coefficient (Wildman–Crippen LogP) is 0.824. The maximum Gasteiger partial charge on any atom is 0.221 e. The van der Waals surface area contributed by atoms with Crippen molar-refractivity contribution in [3.8, 4) is 0 Å². The van der Waals surface area contributed by atoms with Crippen LogP contribution in [0.15, 0.2) is 6.07 Å². The van der Waals surface area contributed by atoms with Crippen molar-refractivity contribution < 1.29 is 4.79 Å². The Hall–Kier alpha value is -1.69. The van der Waals surface area contributed by atoms with Crippen LogP contribution in [0.1, 0.15) is 36.7 Å². The summed E-state index contributed by atoms with van der Waals surface area (Å²) in [6.45, 7) is 4.66. The van der Waals surface area contributed by atoms with Gasteiger partial charge in [-0.1, -0.05) is 0 Å². The summed E-state index contributed by atoms with van der Waals surface area (Å²) in [6, 6.07) is 2.06. The molecule has 1 atom stereocenters. The summed E-state index contributed by atoms with van der Waals surface area (Å²) >= 11 is 0. The van der Waals surface area contributed by atoms with E-state index in [4.69, 9.17) is 0 Å². The normalized spacial score (nSPS) is 18.3. The van der Waals surface area contributed by atoms with E-state index in [0.29, 0.717) is 18.9 Å². The Labute approximate surface area is 126 Å². The molecule has 6 nitrogen and oxygen atoms in total. The maximum absolute atomic E-state index is 11.3. The number of amides is 1. The van der Waals surface area contributed by atoms with Gasteiger partial charge >= 0.3 is 0 Å². The molecule has 2 heterocycles. The van der Waals surface area contributed by atoms with Crippen LogP contribution >= 0.6 is 0 Å². The van der Waals surface area contributed by atoms with Crippen LogP contribution in [0.4, 0.5) is 5.82 Å². The molecule has 1 aromatic heterocycles. The van der Waals surface area contributed by atoms with Crippen LogP contribution in [0.2, 0.25) is 0 Å². The summed E-state index contributed by atoms with van der Waals surface area (Å²) in [5, 5.41) is 6.06. The second-order valence-electron chi connectivity index (χ2n) is 5.59. The molecule has 1 aliphatic heterocycles. The highest BCUT2D eigenvalue weighted by Gasteiger charge is 2.18. The first-order valence-corrected chi connectivity index (χ1v) is 7.58. The van der Waals surface area contributed by atoms with E-state index in [0.717, 1.165) is 30.4 Å². The van der Waals surface area contributed by atoms with Crippen LogP contribution in [0, 0.1) is 6.92 Å². The van der Waals surface area contributed by atoms with Crippen LogP contribution in [0.25, 0.3) is 0 Å². The van der Waals surface area contributed by atoms with E-state index in [9.17, 15) is 4.79 Å². The largest absolute Gasteiger partial charge is 0.359 e. The van der Waals surface area contributed by atoms with Crippen molar-refractivity contribution in [1.29, 1.82) is 0 Å². The summed E-state index contributed by atoms with van der Waals surface area (Å²) in [4.78, 5) is 22.5. The number of anilines is 1. The van der Waals surface area contributed by atoms with Crippen LogP contribution in [-0.4, -0.2) is 49.6 Å². The Morgan fingerprint density at radius 1 is 1.52 bits per heavy atom. The van der Waals surface area contributed by atoms with Gasteiger partial charge in [0.05, 0.1) is 5.69 Å². The predicted molar refractivity (Wildman–Crippen MR) is 83.6 cm³/mol. The van der Waals surface area contributed by atoms with Gasteiger partial charge in [-0.25, -0.2) is 9.97 Å². The van der Waals surface area contributed by atoms with Gasteiger partial charge in [0, 0.05) is 45.6 Å². The lowest BCUT2D eigenvalue weighted by atomic mass is 9.96.